The van der Waals surface area contributed by atoms with Gasteiger partial charge in [-0.15, -0.1) is 0 Å². The Kier molecular flexibility index (Phi) is 6.11. The molecule has 1 atom stereocenters. The number of piperidine rings is 1. The third-order valence-corrected chi connectivity index (χ3v) is 5.59. The molecule has 4 heteroatoms. The molecular formula is C21H30N2O2. The number of amides is 2. The van der Waals surface area contributed by atoms with Crippen molar-refractivity contribution in [2.45, 2.75) is 58.4 Å². The maximum atomic E-state index is 12.6. The van der Waals surface area contributed by atoms with Crippen LogP contribution >= 0.6 is 0 Å². The van der Waals surface area contributed by atoms with Gasteiger partial charge in [0.25, 0.3) is 5.91 Å². The maximum absolute atomic E-state index is 12.6. The Labute approximate surface area is 151 Å². The minimum Gasteiger partial charge on any atom is -0.352 e. The molecule has 0 bridgehead atoms. The summed E-state index contributed by atoms with van der Waals surface area (Å²) in [5, 5.41) is 3.05. The van der Waals surface area contributed by atoms with Crippen LogP contribution in [0.15, 0.2) is 24.3 Å². The second-order valence-electron chi connectivity index (χ2n) is 7.75. The molecule has 0 spiro atoms. The van der Waals surface area contributed by atoms with Crippen molar-refractivity contribution in [1.82, 2.24) is 10.2 Å². The number of carbonyl (C=O) groups is 2. The van der Waals surface area contributed by atoms with Gasteiger partial charge in [0.15, 0.2) is 0 Å². The van der Waals surface area contributed by atoms with Crippen LogP contribution in [0.3, 0.4) is 0 Å². The zero-order valence-corrected chi connectivity index (χ0v) is 15.3. The Balaban J connectivity index is 1.51. The minimum absolute atomic E-state index is 0.129. The number of nitrogens with one attached hydrogen (secondary N) is 1. The van der Waals surface area contributed by atoms with Crippen LogP contribution in [0.1, 0.15) is 67.8 Å². The van der Waals surface area contributed by atoms with Crippen molar-refractivity contribution in [3.8, 4) is 0 Å². The first-order valence-electron chi connectivity index (χ1n) is 9.79. The summed E-state index contributed by atoms with van der Waals surface area (Å²) in [5.41, 5.74) is 1.80. The molecule has 0 radical (unpaired) electrons. The topological polar surface area (TPSA) is 49.4 Å². The molecule has 1 saturated heterocycles. The van der Waals surface area contributed by atoms with E-state index >= 15 is 0 Å². The van der Waals surface area contributed by atoms with E-state index < -0.39 is 0 Å². The van der Waals surface area contributed by atoms with Crippen molar-refractivity contribution in [3.05, 3.63) is 35.4 Å². The van der Waals surface area contributed by atoms with E-state index in [4.69, 9.17) is 0 Å². The van der Waals surface area contributed by atoms with Crippen LogP contribution in [0, 0.1) is 11.8 Å². The van der Waals surface area contributed by atoms with Gasteiger partial charge in [0.2, 0.25) is 5.91 Å². The van der Waals surface area contributed by atoms with Crippen LogP contribution in [0.5, 0.6) is 0 Å². The molecular weight excluding hydrogens is 312 g/mol. The van der Waals surface area contributed by atoms with Gasteiger partial charge in [-0.1, -0.05) is 38.3 Å². The SMILES string of the molecule is CC1CCCN(C(=O)c2ccc(CNC(=O)C3CCCCC3)cc2)C1. The van der Waals surface area contributed by atoms with Crippen molar-refractivity contribution in [2.75, 3.05) is 13.1 Å². The fourth-order valence-electron chi connectivity index (χ4n) is 4.02. The van der Waals surface area contributed by atoms with Gasteiger partial charge >= 0.3 is 0 Å². The average molecular weight is 342 g/mol. The fourth-order valence-corrected chi connectivity index (χ4v) is 4.02. The van der Waals surface area contributed by atoms with E-state index in [0.717, 1.165) is 43.5 Å². The number of benzene rings is 1. The van der Waals surface area contributed by atoms with Crippen LogP contribution < -0.4 is 5.32 Å². The standard InChI is InChI=1S/C21H30N2O2/c1-16-6-5-13-23(15-16)21(25)19-11-9-17(10-12-19)14-22-20(24)18-7-3-2-4-8-18/h9-12,16,18H,2-8,13-15H2,1H3,(H,22,24). The Hall–Kier alpha value is -1.84. The molecule has 25 heavy (non-hydrogen) atoms. The molecule has 1 aromatic rings. The number of rotatable bonds is 4. The molecule has 1 saturated carbocycles. The monoisotopic (exact) mass is 342 g/mol. The minimum atomic E-state index is 0.129. The lowest BCUT2D eigenvalue weighted by molar-refractivity contribution is -0.126. The smallest absolute Gasteiger partial charge is 0.253 e. The summed E-state index contributed by atoms with van der Waals surface area (Å²) < 4.78 is 0. The van der Waals surface area contributed by atoms with Gasteiger partial charge in [-0.3, -0.25) is 9.59 Å². The highest BCUT2D eigenvalue weighted by atomic mass is 16.2. The Bertz CT molecular complexity index is 590. The molecule has 2 aliphatic rings. The van der Waals surface area contributed by atoms with Gasteiger partial charge in [0.1, 0.15) is 0 Å². The quantitative estimate of drug-likeness (QED) is 0.906. The lowest BCUT2D eigenvalue weighted by Crippen LogP contribution is -2.39. The summed E-state index contributed by atoms with van der Waals surface area (Å²) in [6.45, 7) is 4.47. The zero-order valence-electron chi connectivity index (χ0n) is 15.3. The van der Waals surface area contributed by atoms with E-state index in [1.807, 2.05) is 29.2 Å². The number of carbonyl (C=O) groups excluding carboxylic acids is 2. The summed E-state index contributed by atoms with van der Waals surface area (Å²) in [5.74, 6) is 1.09. The van der Waals surface area contributed by atoms with E-state index in [9.17, 15) is 9.59 Å². The van der Waals surface area contributed by atoms with Crippen molar-refractivity contribution in [1.29, 1.82) is 0 Å². The zero-order chi connectivity index (χ0) is 17.6. The van der Waals surface area contributed by atoms with Crippen LogP contribution in [-0.4, -0.2) is 29.8 Å². The third-order valence-electron chi connectivity index (χ3n) is 5.59. The molecule has 4 nitrogen and oxygen atoms in total. The van der Waals surface area contributed by atoms with Gasteiger partial charge in [-0.25, -0.2) is 0 Å². The first-order valence-corrected chi connectivity index (χ1v) is 9.79. The molecule has 2 fully saturated rings. The average Bonchev–Trinajstić information content (AvgIpc) is 2.66. The van der Waals surface area contributed by atoms with Crippen LogP contribution in [0.25, 0.3) is 0 Å². The molecule has 1 N–H and O–H groups in total. The fraction of sp³-hybridized carbons (Fsp3) is 0.619. The number of hydrogen-bond acceptors (Lipinski definition) is 2. The Morgan fingerprint density at radius 2 is 1.76 bits per heavy atom. The first kappa shape index (κ1) is 18.0. The largest absolute Gasteiger partial charge is 0.352 e. The molecule has 1 unspecified atom stereocenters. The molecule has 2 amide bonds. The summed E-state index contributed by atoms with van der Waals surface area (Å²) in [6.07, 6.45) is 7.95. The molecule has 3 rings (SSSR count). The molecule has 1 heterocycles. The van der Waals surface area contributed by atoms with Crippen LogP contribution in [-0.2, 0) is 11.3 Å². The van der Waals surface area contributed by atoms with Gasteiger partial charge in [0, 0.05) is 31.1 Å². The van der Waals surface area contributed by atoms with Crippen LogP contribution in [0.4, 0.5) is 0 Å². The van der Waals surface area contributed by atoms with Gasteiger partial charge in [-0.05, 0) is 49.3 Å². The normalized spacial score (nSPS) is 21.8. The van der Waals surface area contributed by atoms with Crippen molar-refractivity contribution in [2.24, 2.45) is 11.8 Å². The van der Waals surface area contributed by atoms with Crippen molar-refractivity contribution in [3.63, 3.8) is 0 Å². The maximum Gasteiger partial charge on any atom is 0.253 e. The summed E-state index contributed by atoms with van der Waals surface area (Å²) in [4.78, 5) is 26.8. The Morgan fingerprint density at radius 1 is 1.04 bits per heavy atom. The van der Waals surface area contributed by atoms with E-state index in [0.29, 0.717) is 12.5 Å². The summed E-state index contributed by atoms with van der Waals surface area (Å²) in [6, 6.07) is 7.71. The van der Waals surface area contributed by atoms with E-state index in [1.54, 1.807) is 0 Å². The molecule has 136 valence electrons. The summed E-state index contributed by atoms with van der Waals surface area (Å²) >= 11 is 0. The lowest BCUT2D eigenvalue weighted by Gasteiger charge is -2.31. The highest BCUT2D eigenvalue weighted by Gasteiger charge is 2.22. The van der Waals surface area contributed by atoms with Gasteiger partial charge in [-0.2, -0.15) is 0 Å². The molecule has 0 aromatic heterocycles. The highest BCUT2D eigenvalue weighted by molar-refractivity contribution is 5.94. The summed E-state index contributed by atoms with van der Waals surface area (Å²) in [7, 11) is 0. The highest BCUT2D eigenvalue weighted by Crippen LogP contribution is 2.23. The molecule has 1 aliphatic carbocycles. The predicted molar refractivity (Wildman–Crippen MR) is 99.2 cm³/mol. The number of likely N-dealkylation sites (tertiary alicyclic amines) is 1. The second-order valence-corrected chi connectivity index (χ2v) is 7.75. The van der Waals surface area contributed by atoms with Crippen LogP contribution in [0.2, 0.25) is 0 Å². The molecule has 1 aliphatic heterocycles. The Morgan fingerprint density at radius 3 is 2.44 bits per heavy atom. The van der Waals surface area contributed by atoms with Crippen molar-refractivity contribution < 1.29 is 9.59 Å². The van der Waals surface area contributed by atoms with E-state index in [1.165, 1.54) is 25.7 Å². The number of nitrogens with zero attached hydrogens (tertiary/aromatic N) is 1. The van der Waals surface area contributed by atoms with Crippen molar-refractivity contribution >= 4 is 11.8 Å². The lowest BCUT2D eigenvalue weighted by atomic mass is 9.88. The van der Waals surface area contributed by atoms with E-state index in [2.05, 4.69) is 12.2 Å². The van der Waals surface area contributed by atoms with Gasteiger partial charge in [0.05, 0.1) is 0 Å². The van der Waals surface area contributed by atoms with Gasteiger partial charge < -0.3 is 10.2 Å². The predicted octanol–water partition coefficient (Wildman–Crippen LogP) is 3.76. The van der Waals surface area contributed by atoms with E-state index in [-0.39, 0.29) is 17.7 Å². The number of hydrogen-bond donors (Lipinski definition) is 1. The third kappa shape index (κ3) is 4.83. The second kappa shape index (κ2) is 8.50. The first-order chi connectivity index (χ1) is 12.1. The molecule has 1 aromatic carbocycles.